The Kier molecular flexibility index (Phi) is 11.4. The number of guanidine groups is 1. The monoisotopic (exact) mass is 538 g/mol. The van der Waals surface area contributed by atoms with Crippen LogP contribution in [0, 0.1) is 0 Å². The first-order valence-electron chi connectivity index (χ1n) is 9.98. The van der Waals surface area contributed by atoms with E-state index in [4.69, 9.17) is 9.73 Å². The van der Waals surface area contributed by atoms with Gasteiger partial charge in [0.1, 0.15) is 0 Å². The molecule has 0 radical (unpaired) electrons. The number of sulfone groups is 1. The average molecular weight is 538 g/mol. The number of nitrogens with one attached hydrogen (secondary N) is 2. The van der Waals surface area contributed by atoms with Crippen LogP contribution in [0.1, 0.15) is 27.2 Å². The summed E-state index contributed by atoms with van der Waals surface area (Å²) in [7, 11) is -3.24. The fraction of sp³-hybridized carbons (Fsp3) is 0.650. The fourth-order valence-corrected chi connectivity index (χ4v) is 4.43. The number of benzene rings is 1. The summed E-state index contributed by atoms with van der Waals surface area (Å²) in [4.78, 5) is 7.49. The van der Waals surface area contributed by atoms with Crippen LogP contribution < -0.4 is 10.6 Å². The molecule has 1 aromatic carbocycles. The van der Waals surface area contributed by atoms with Crippen molar-refractivity contribution in [3.8, 4) is 0 Å². The van der Waals surface area contributed by atoms with Crippen molar-refractivity contribution >= 4 is 39.8 Å². The highest BCUT2D eigenvalue weighted by molar-refractivity contribution is 14.0. The molecule has 1 heterocycles. The van der Waals surface area contributed by atoms with Crippen molar-refractivity contribution in [1.82, 2.24) is 15.5 Å². The van der Waals surface area contributed by atoms with Gasteiger partial charge in [0.15, 0.2) is 15.8 Å². The van der Waals surface area contributed by atoms with Gasteiger partial charge in [-0.05, 0) is 39.3 Å². The van der Waals surface area contributed by atoms with E-state index in [1.807, 2.05) is 13.0 Å². The van der Waals surface area contributed by atoms with Crippen LogP contribution in [0.15, 0.2) is 40.2 Å². The SMILES string of the molecule is CCNC(=NCC(C)(C)N1CCOCC1)NCCCS(=O)(=O)c1ccccc1.I. The van der Waals surface area contributed by atoms with E-state index >= 15 is 0 Å². The number of halogens is 1. The molecular formula is C20H35IN4O3S. The van der Waals surface area contributed by atoms with E-state index < -0.39 is 9.84 Å². The van der Waals surface area contributed by atoms with Gasteiger partial charge in [-0.3, -0.25) is 9.89 Å². The summed E-state index contributed by atoms with van der Waals surface area (Å²) < 4.78 is 30.1. The zero-order valence-corrected chi connectivity index (χ0v) is 20.8. The summed E-state index contributed by atoms with van der Waals surface area (Å²) in [6.07, 6.45) is 0.522. The third-order valence-electron chi connectivity index (χ3n) is 4.82. The van der Waals surface area contributed by atoms with Crippen LogP contribution in [0.2, 0.25) is 0 Å². The maximum Gasteiger partial charge on any atom is 0.191 e. The number of rotatable bonds is 9. The van der Waals surface area contributed by atoms with E-state index in [1.54, 1.807) is 24.3 Å². The average Bonchev–Trinajstić information content (AvgIpc) is 2.70. The maximum absolute atomic E-state index is 12.3. The van der Waals surface area contributed by atoms with Crippen molar-refractivity contribution in [3.05, 3.63) is 30.3 Å². The highest BCUT2D eigenvalue weighted by Crippen LogP contribution is 2.16. The molecule has 0 amide bonds. The largest absolute Gasteiger partial charge is 0.379 e. The number of nitrogens with zero attached hydrogens (tertiary/aromatic N) is 2. The van der Waals surface area contributed by atoms with Crippen LogP contribution in [0.5, 0.6) is 0 Å². The summed E-state index contributed by atoms with van der Waals surface area (Å²) >= 11 is 0. The number of ether oxygens (including phenoxy) is 1. The first-order valence-corrected chi connectivity index (χ1v) is 11.6. The molecule has 0 unspecified atom stereocenters. The van der Waals surface area contributed by atoms with Crippen LogP contribution in [0.25, 0.3) is 0 Å². The smallest absolute Gasteiger partial charge is 0.191 e. The van der Waals surface area contributed by atoms with Crippen molar-refractivity contribution < 1.29 is 13.2 Å². The van der Waals surface area contributed by atoms with Gasteiger partial charge in [-0.25, -0.2) is 8.42 Å². The molecule has 9 heteroatoms. The summed E-state index contributed by atoms with van der Waals surface area (Å²) in [6.45, 7) is 11.7. The second kappa shape index (κ2) is 12.7. The highest BCUT2D eigenvalue weighted by atomic mass is 127. The third-order valence-corrected chi connectivity index (χ3v) is 6.64. The Morgan fingerprint density at radius 1 is 1.17 bits per heavy atom. The van der Waals surface area contributed by atoms with Crippen molar-refractivity contribution in [2.24, 2.45) is 4.99 Å². The fourth-order valence-electron chi connectivity index (χ4n) is 3.10. The molecule has 0 bridgehead atoms. The Morgan fingerprint density at radius 3 is 2.45 bits per heavy atom. The van der Waals surface area contributed by atoms with E-state index in [2.05, 4.69) is 29.4 Å². The van der Waals surface area contributed by atoms with Gasteiger partial charge in [0.05, 0.1) is 30.4 Å². The van der Waals surface area contributed by atoms with Gasteiger partial charge in [-0.15, -0.1) is 24.0 Å². The number of morpholine rings is 1. The molecule has 166 valence electrons. The molecule has 29 heavy (non-hydrogen) atoms. The summed E-state index contributed by atoms with van der Waals surface area (Å²) in [5.74, 6) is 0.837. The molecule has 0 aliphatic carbocycles. The van der Waals surface area contributed by atoms with Gasteiger partial charge in [-0.1, -0.05) is 18.2 Å². The minimum Gasteiger partial charge on any atom is -0.379 e. The van der Waals surface area contributed by atoms with Crippen molar-refractivity contribution in [3.63, 3.8) is 0 Å². The van der Waals surface area contributed by atoms with E-state index in [0.717, 1.165) is 38.8 Å². The van der Waals surface area contributed by atoms with Gasteiger partial charge in [-0.2, -0.15) is 0 Å². The Bertz CT molecular complexity index is 721. The van der Waals surface area contributed by atoms with Crippen LogP contribution in [-0.4, -0.2) is 76.5 Å². The van der Waals surface area contributed by atoms with E-state index in [0.29, 0.717) is 24.4 Å². The normalized spacial score (nSPS) is 16.2. The molecule has 0 spiro atoms. The number of hydrogen-bond acceptors (Lipinski definition) is 5. The topological polar surface area (TPSA) is 83.0 Å². The molecule has 0 saturated carbocycles. The van der Waals surface area contributed by atoms with Crippen LogP contribution >= 0.6 is 24.0 Å². The molecule has 2 rings (SSSR count). The molecule has 1 fully saturated rings. The predicted octanol–water partition coefficient (Wildman–Crippen LogP) is 2.13. The second-order valence-corrected chi connectivity index (χ2v) is 9.63. The van der Waals surface area contributed by atoms with Gasteiger partial charge in [0, 0.05) is 31.7 Å². The lowest BCUT2D eigenvalue weighted by Gasteiger charge is -2.39. The lowest BCUT2D eigenvalue weighted by molar-refractivity contribution is -0.00683. The van der Waals surface area contributed by atoms with Gasteiger partial charge in [0.25, 0.3) is 0 Å². The van der Waals surface area contributed by atoms with Crippen molar-refractivity contribution in [2.75, 3.05) is 51.7 Å². The second-order valence-electron chi connectivity index (χ2n) is 7.52. The Labute approximate surface area is 192 Å². The summed E-state index contributed by atoms with van der Waals surface area (Å²) in [6, 6.07) is 8.59. The first-order chi connectivity index (χ1) is 13.3. The van der Waals surface area contributed by atoms with E-state index in [9.17, 15) is 8.42 Å². The number of aliphatic imine (C=N–C) groups is 1. The van der Waals surface area contributed by atoms with Gasteiger partial charge >= 0.3 is 0 Å². The van der Waals surface area contributed by atoms with E-state index in [-0.39, 0.29) is 35.3 Å². The molecule has 1 aliphatic heterocycles. The van der Waals surface area contributed by atoms with Crippen molar-refractivity contribution in [1.29, 1.82) is 0 Å². The quantitative estimate of drug-likeness (QED) is 0.217. The highest BCUT2D eigenvalue weighted by Gasteiger charge is 2.28. The third kappa shape index (κ3) is 8.77. The Morgan fingerprint density at radius 2 is 1.83 bits per heavy atom. The predicted molar refractivity (Wildman–Crippen MR) is 129 cm³/mol. The lowest BCUT2D eigenvalue weighted by Crippen LogP contribution is -2.52. The zero-order valence-electron chi connectivity index (χ0n) is 17.7. The van der Waals surface area contributed by atoms with E-state index in [1.165, 1.54) is 0 Å². The summed E-state index contributed by atoms with van der Waals surface area (Å²) in [5, 5.41) is 6.49. The molecule has 0 aromatic heterocycles. The Hall–Kier alpha value is -0.910. The summed E-state index contributed by atoms with van der Waals surface area (Å²) in [5.41, 5.74) is -0.0528. The Balaban J connectivity index is 0.00000420. The minimum absolute atomic E-state index is 0. The number of hydrogen-bond donors (Lipinski definition) is 2. The van der Waals surface area contributed by atoms with Gasteiger partial charge in [0.2, 0.25) is 0 Å². The molecule has 1 saturated heterocycles. The maximum atomic E-state index is 12.3. The first kappa shape index (κ1) is 26.1. The van der Waals surface area contributed by atoms with Gasteiger partial charge < -0.3 is 15.4 Å². The molecule has 1 aromatic rings. The molecule has 0 atom stereocenters. The van der Waals surface area contributed by atoms with Crippen LogP contribution in [-0.2, 0) is 14.6 Å². The van der Waals surface area contributed by atoms with Crippen LogP contribution in [0.4, 0.5) is 0 Å². The standard InChI is InChI=1S/C20H34N4O3S.HI/c1-4-21-19(23-17-20(2,3)24-12-14-27-15-13-24)22-11-8-16-28(25,26)18-9-6-5-7-10-18;/h5-7,9-10H,4,8,11-17H2,1-3H3,(H2,21,22,23);1H. The molecule has 2 N–H and O–H groups in total. The lowest BCUT2D eigenvalue weighted by atomic mass is 10.0. The molecule has 7 nitrogen and oxygen atoms in total. The van der Waals surface area contributed by atoms with Crippen molar-refractivity contribution in [2.45, 2.75) is 37.6 Å². The minimum atomic E-state index is -3.24. The molecule has 1 aliphatic rings. The molecular weight excluding hydrogens is 503 g/mol. The van der Waals surface area contributed by atoms with Crippen LogP contribution in [0.3, 0.4) is 0 Å². The zero-order chi connectivity index (χ0) is 20.5.